The Morgan fingerprint density at radius 3 is 2.53 bits per heavy atom. The second-order valence-electron chi connectivity index (χ2n) is 4.38. The van der Waals surface area contributed by atoms with Gasteiger partial charge in [0.05, 0.1) is 11.2 Å². The van der Waals surface area contributed by atoms with E-state index in [1.54, 1.807) is 18.2 Å². The molecule has 0 aliphatic rings. The molecule has 3 rings (SSSR count). The Labute approximate surface area is 108 Å². The summed E-state index contributed by atoms with van der Waals surface area (Å²) in [5, 5.41) is 0. The average molecular weight is 253 g/mol. The first-order valence-corrected chi connectivity index (χ1v) is 5.87. The van der Waals surface area contributed by atoms with Crippen molar-refractivity contribution in [3.8, 4) is 5.69 Å². The number of rotatable bonds is 2. The number of hydrogen-bond acceptors (Lipinski definition) is 3. The molecule has 1 heterocycles. The van der Waals surface area contributed by atoms with Gasteiger partial charge in [0, 0.05) is 5.56 Å². The Morgan fingerprint density at radius 2 is 1.84 bits per heavy atom. The Kier molecular flexibility index (Phi) is 2.56. The molecule has 0 bridgehead atoms. The number of benzene rings is 2. The highest BCUT2D eigenvalue weighted by atomic mass is 16.4. The van der Waals surface area contributed by atoms with Crippen LogP contribution in [0.15, 0.2) is 51.7 Å². The maximum Gasteiger partial charge on any atom is 0.424 e. The fourth-order valence-electron chi connectivity index (χ4n) is 2.05. The van der Waals surface area contributed by atoms with E-state index in [1.165, 1.54) is 4.57 Å². The molecular formula is C15H11NO3. The molecule has 4 nitrogen and oxygen atoms in total. The largest absolute Gasteiger partial charge is 0.424 e. The van der Waals surface area contributed by atoms with Gasteiger partial charge in [0.15, 0.2) is 5.58 Å². The van der Waals surface area contributed by atoms with Crippen LogP contribution >= 0.6 is 0 Å². The van der Waals surface area contributed by atoms with Gasteiger partial charge in [-0.15, -0.1) is 0 Å². The number of aromatic nitrogens is 1. The predicted molar refractivity (Wildman–Crippen MR) is 71.9 cm³/mol. The zero-order valence-electron chi connectivity index (χ0n) is 10.3. The second-order valence-corrected chi connectivity index (χ2v) is 4.38. The minimum Gasteiger partial charge on any atom is -0.407 e. The van der Waals surface area contributed by atoms with Crippen molar-refractivity contribution < 1.29 is 9.21 Å². The van der Waals surface area contributed by atoms with E-state index in [4.69, 9.17) is 4.42 Å². The number of hydrogen-bond donors (Lipinski definition) is 0. The average Bonchev–Trinajstić information content (AvgIpc) is 2.74. The maximum atomic E-state index is 11.9. The maximum absolute atomic E-state index is 11.9. The van der Waals surface area contributed by atoms with Gasteiger partial charge in [-0.2, -0.15) is 0 Å². The monoisotopic (exact) mass is 253 g/mol. The van der Waals surface area contributed by atoms with E-state index in [1.807, 2.05) is 31.2 Å². The molecular weight excluding hydrogens is 242 g/mol. The van der Waals surface area contributed by atoms with Crippen molar-refractivity contribution in [2.45, 2.75) is 6.92 Å². The van der Waals surface area contributed by atoms with E-state index in [-0.39, 0.29) is 0 Å². The van der Waals surface area contributed by atoms with E-state index in [0.717, 1.165) is 17.5 Å². The normalized spacial score (nSPS) is 10.8. The lowest BCUT2D eigenvalue weighted by Gasteiger charge is -2.02. The van der Waals surface area contributed by atoms with Gasteiger partial charge in [-0.1, -0.05) is 17.7 Å². The molecule has 19 heavy (non-hydrogen) atoms. The molecule has 0 atom stereocenters. The minimum atomic E-state index is -0.457. The van der Waals surface area contributed by atoms with E-state index >= 15 is 0 Å². The summed E-state index contributed by atoms with van der Waals surface area (Å²) in [7, 11) is 0. The van der Waals surface area contributed by atoms with Gasteiger partial charge in [0.1, 0.15) is 6.29 Å². The molecule has 0 radical (unpaired) electrons. The van der Waals surface area contributed by atoms with Crippen molar-refractivity contribution >= 4 is 17.4 Å². The summed E-state index contributed by atoms with van der Waals surface area (Å²) in [6.45, 7) is 1.98. The number of aryl methyl sites for hydroxylation is 1. The van der Waals surface area contributed by atoms with Crippen LogP contribution in [0.4, 0.5) is 0 Å². The molecule has 3 aromatic rings. The van der Waals surface area contributed by atoms with Crippen LogP contribution in [0.25, 0.3) is 16.8 Å². The highest BCUT2D eigenvalue weighted by Gasteiger charge is 2.11. The van der Waals surface area contributed by atoms with Gasteiger partial charge in [-0.05, 0) is 37.3 Å². The summed E-state index contributed by atoms with van der Waals surface area (Å²) in [5.41, 5.74) is 3.41. The molecule has 0 spiro atoms. The smallest absolute Gasteiger partial charge is 0.407 e. The number of aldehydes is 1. The Hall–Kier alpha value is -2.62. The molecule has 1 aromatic heterocycles. The Bertz CT molecular complexity index is 810. The number of fused-ring (bicyclic) bond motifs is 1. The highest BCUT2D eigenvalue weighted by Crippen LogP contribution is 2.18. The molecule has 0 unspecified atom stereocenters. The lowest BCUT2D eigenvalue weighted by Crippen LogP contribution is -2.11. The third kappa shape index (κ3) is 1.87. The molecule has 94 valence electrons. The van der Waals surface area contributed by atoms with Crippen LogP contribution < -0.4 is 5.76 Å². The van der Waals surface area contributed by atoms with E-state index < -0.39 is 5.76 Å². The Morgan fingerprint density at radius 1 is 1.11 bits per heavy atom. The summed E-state index contributed by atoms with van der Waals surface area (Å²) < 4.78 is 6.66. The molecule has 0 aliphatic heterocycles. The first-order chi connectivity index (χ1) is 9.19. The number of carbonyl (C=O) groups excluding carboxylic acids is 1. The van der Waals surface area contributed by atoms with Gasteiger partial charge in [0.25, 0.3) is 0 Å². The first kappa shape index (κ1) is 11.5. The van der Waals surface area contributed by atoms with Crippen molar-refractivity contribution in [1.29, 1.82) is 0 Å². The van der Waals surface area contributed by atoms with Gasteiger partial charge >= 0.3 is 5.76 Å². The van der Waals surface area contributed by atoms with E-state index in [2.05, 4.69) is 0 Å². The van der Waals surface area contributed by atoms with Crippen LogP contribution in [-0.2, 0) is 0 Å². The van der Waals surface area contributed by atoms with Crippen LogP contribution in [-0.4, -0.2) is 10.9 Å². The highest BCUT2D eigenvalue weighted by molar-refractivity contribution is 5.84. The molecule has 0 fully saturated rings. The van der Waals surface area contributed by atoms with Crippen LogP contribution in [0.1, 0.15) is 15.9 Å². The van der Waals surface area contributed by atoms with Crippen LogP contribution in [0.3, 0.4) is 0 Å². The molecule has 4 heteroatoms. The quantitative estimate of drug-likeness (QED) is 0.660. The van der Waals surface area contributed by atoms with Crippen molar-refractivity contribution in [3.63, 3.8) is 0 Å². The summed E-state index contributed by atoms with van der Waals surface area (Å²) in [4.78, 5) is 22.7. The minimum absolute atomic E-state index is 0.412. The zero-order valence-corrected chi connectivity index (χ0v) is 10.3. The van der Waals surface area contributed by atoms with E-state index in [9.17, 15) is 9.59 Å². The molecule has 0 saturated heterocycles. The third-order valence-electron chi connectivity index (χ3n) is 3.03. The molecule has 0 N–H and O–H groups in total. The predicted octanol–water partition coefficient (Wildman–Crippen LogP) is 2.70. The van der Waals surface area contributed by atoms with Crippen molar-refractivity contribution in [2.24, 2.45) is 0 Å². The van der Waals surface area contributed by atoms with Gasteiger partial charge in [-0.25, -0.2) is 9.36 Å². The standard InChI is InChI=1S/C15H11NO3/c1-10-2-5-12(6-3-10)16-13-7-4-11(9-17)8-14(13)19-15(16)18/h2-9H,1H3. The summed E-state index contributed by atoms with van der Waals surface area (Å²) in [6.07, 6.45) is 0.725. The van der Waals surface area contributed by atoms with Crippen LogP contribution in [0, 0.1) is 6.92 Å². The van der Waals surface area contributed by atoms with Crippen LogP contribution in [0.5, 0.6) is 0 Å². The third-order valence-corrected chi connectivity index (χ3v) is 3.03. The summed E-state index contributed by atoms with van der Waals surface area (Å²) in [6, 6.07) is 12.5. The fraction of sp³-hybridized carbons (Fsp3) is 0.0667. The molecule has 0 amide bonds. The first-order valence-electron chi connectivity index (χ1n) is 5.87. The Balaban J connectivity index is 2.29. The lowest BCUT2D eigenvalue weighted by molar-refractivity contribution is 0.112. The number of oxazole rings is 1. The topological polar surface area (TPSA) is 52.2 Å². The molecule has 0 saturated carbocycles. The zero-order chi connectivity index (χ0) is 13.4. The number of carbonyl (C=O) groups is 1. The lowest BCUT2D eigenvalue weighted by atomic mass is 10.2. The summed E-state index contributed by atoms with van der Waals surface area (Å²) >= 11 is 0. The van der Waals surface area contributed by atoms with Crippen molar-refractivity contribution in [1.82, 2.24) is 4.57 Å². The fourth-order valence-corrected chi connectivity index (χ4v) is 2.05. The second kappa shape index (κ2) is 4.24. The van der Waals surface area contributed by atoms with Crippen molar-refractivity contribution in [3.05, 3.63) is 64.1 Å². The summed E-state index contributed by atoms with van der Waals surface area (Å²) in [5.74, 6) is -0.457. The van der Waals surface area contributed by atoms with Crippen molar-refractivity contribution in [2.75, 3.05) is 0 Å². The molecule has 2 aromatic carbocycles. The SMILES string of the molecule is Cc1ccc(-n2c(=O)oc3cc(C=O)ccc32)cc1. The van der Waals surface area contributed by atoms with Crippen LogP contribution in [0.2, 0.25) is 0 Å². The van der Waals surface area contributed by atoms with Gasteiger partial charge in [0.2, 0.25) is 0 Å². The van der Waals surface area contributed by atoms with E-state index in [0.29, 0.717) is 16.7 Å². The van der Waals surface area contributed by atoms with Gasteiger partial charge < -0.3 is 4.42 Å². The number of nitrogens with zero attached hydrogens (tertiary/aromatic N) is 1. The molecule has 0 aliphatic carbocycles. The van der Waals surface area contributed by atoms with Gasteiger partial charge in [-0.3, -0.25) is 4.79 Å².